The maximum atomic E-state index is 12.2. The first-order chi connectivity index (χ1) is 12.0. The second-order valence-corrected chi connectivity index (χ2v) is 8.05. The monoisotopic (exact) mass is 375 g/mol. The summed E-state index contributed by atoms with van der Waals surface area (Å²) in [6, 6.07) is 5.40. The summed E-state index contributed by atoms with van der Waals surface area (Å²) in [5, 5.41) is 7.62. The zero-order valence-electron chi connectivity index (χ0n) is 16.0. The van der Waals surface area contributed by atoms with Crippen LogP contribution in [0.25, 0.3) is 11.3 Å². The number of hydrogen-bond acceptors (Lipinski definition) is 5. The Balaban J connectivity index is 1.98. The summed E-state index contributed by atoms with van der Waals surface area (Å²) in [6.45, 7) is 11.0. The highest BCUT2D eigenvalue weighted by molar-refractivity contribution is 7.14. The molecule has 1 heterocycles. The second kappa shape index (κ2) is 7.86. The fourth-order valence-electron chi connectivity index (χ4n) is 2.13. The number of alkyl carbamates (subject to hydrolysis) is 1. The van der Waals surface area contributed by atoms with Gasteiger partial charge < -0.3 is 15.4 Å². The van der Waals surface area contributed by atoms with Gasteiger partial charge in [-0.25, -0.2) is 9.78 Å². The van der Waals surface area contributed by atoms with Gasteiger partial charge in [-0.15, -0.1) is 11.3 Å². The van der Waals surface area contributed by atoms with Gasteiger partial charge in [0.25, 0.3) is 0 Å². The van der Waals surface area contributed by atoms with E-state index in [1.54, 1.807) is 27.7 Å². The van der Waals surface area contributed by atoms with E-state index in [0.29, 0.717) is 5.13 Å². The van der Waals surface area contributed by atoms with Crippen molar-refractivity contribution in [2.75, 3.05) is 5.32 Å². The molecule has 0 spiro atoms. The van der Waals surface area contributed by atoms with Crippen molar-refractivity contribution in [2.45, 2.75) is 53.2 Å². The Morgan fingerprint density at radius 3 is 2.50 bits per heavy atom. The number of nitrogens with zero attached hydrogens (tertiary/aromatic N) is 1. The molecule has 0 radical (unpaired) electrons. The number of amides is 2. The summed E-state index contributed by atoms with van der Waals surface area (Å²) in [5.41, 5.74) is 3.61. The molecular formula is C19H25N3O3S. The lowest BCUT2D eigenvalue weighted by atomic mass is 10.1. The molecule has 0 aliphatic rings. The molecule has 1 aromatic carbocycles. The summed E-state index contributed by atoms with van der Waals surface area (Å²) in [5.74, 6) is -0.350. The number of nitrogens with one attached hydrogen (secondary N) is 2. The molecule has 0 aliphatic carbocycles. The van der Waals surface area contributed by atoms with Gasteiger partial charge in [-0.2, -0.15) is 0 Å². The predicted molar refractivity (Wildman–Crippen MR) is 104 cm³/mol. The minimum absolute atomic E-state index is 0.350. The van der Waals surface area contributed by atoms with E-state index < -0.39 is 17.7 Å². The lowest BCUT2D eigenvalue weighted by Crippen LogP contribution is -2.43. The maximum absolute atomic E-state index is 12.2. The van der Waals surface area contributed by atoms with Gasteiger partial charge in [-0.05, 0) is 58.7 Å². The zero-order chi connectivity index (χ0) is 19.5. The van der Waals surface area contributed by atoms with Gasteiger partial charge in [-0.1, -0.05) is 12.1 Å². The number of hydrogen-bond donors (Lipinski definition) is 2. The van der Waals surface area contributed by atoms with Gasteiger partial charge in [-0.3, -0.25) is 4.79 Å². The van der Waals surface area contributed by atoms with Crippen LogP contribution >= 0.6 is 11.3 Å². The van der Waals surface area contributed by atoms with E-state index in [4.69, 9.17) is 4.74 Å². The van der Waals surface area contributed by atoms with Crippen LogP contribution in [0.5, 0.6) is 0 Å². The molecule has 0 unspecified atom stereocenters. The highest BCUT2D eigenvalue weighted by Crippen LogP contribution is 2.26. The van der Waals surface area contributed by atoms with Crippen molar-refractivity contribution in [3.63, 3.8) is 0 Å². The third kappa shape index (κ3) is 5.56. The minimum atomic E-state index is -0.737. The summed E-state index contributed by atoms with van der Waals surface area (Å²) in [7, 11) is 0. The Kier molecular flexibility index (Phi) is 6.02. The van der Waals surface area contributed by atoms with Crippen LogP contribution in [0, 0.1) is 13.8 Å². The molecule has 2 amide bonds. The van der Waals surface area contributed by atoms with Crippen molar-refractivity contribution in [3.05, 3.63) is 34.7 Å². The second-order valence-electron chi connectivity index (χ2n) is 7.19. The van der Waals surface area contributed by atoms with Gasteiger partial charge in [0.1, 0.15) is 11.6 Å². The molecule has 2 aromatic rings. The molecule has 0 bridgehead atoms. The SMILES string of the molecule is Cc1ccc(-c2csc(NC(=O)[C@@H](C)NC(=O)OC(C)(C)C)n2)cc1C. The van der Waals surface area contributed by atoms with Crippen LogP contribution in [0.2, 0.25) is 0 Å². The van der Waals surface area contributed by atoms with Crippen molar-refractivity contribution in [2.24, 2.45) is 0 Å². The van der Waals surface area contributed by atoms with E-state index in [-0.39, 0.29) is 5.91 Å². The minimum Gasteiger partial charge on any atom is -0.444 e. The van der Waals surface area contributed by atoms with Crippen molar-refractivity contribution >= 4 is 28.5 Å². The Hall–Kier alpha value is -2.41. The highest BCUT2D eigenvalue weighted by Gasteiger charge is 2.21. The van der Waals surface area contributed by atoms with E-state index >= 15 is 0 Å². The topological polar surface area (TPSA) is 80.3 Å². The fraction of sp³-hybridized carbons (Fsp3) is 0.421. The van der Waals surface area contributed by atoms with Gasteiger partial charge >= 0.3 is 6.09 Å². The third-order valence-electron chi connectivity index (χ3n) is 3.66. The van der Waals surface area contributed by atoms with Crippen LogP contribution in [0.3, 0.4) is 0 Å². The Morgan fingerprint density at radius 2 is 1.88 bits per heavy atom. The lowest BCUT2D eigenvalue weighted by Gasteiger charge is -2.21. The predicted octanol–water partition coefficient (Wildman–Crippen LogP) is 4.28. The Bertz CT molecular complexity index is 809. The summed E-state index contributed by atoms with van der Waals surface area (Å²) < 4.78 is 5.15. The van der Waals surface area contributed by atoms with Gasteiger partial charge in [0.15, 0.2) is 5.13 Å². The van der Waals surface area contributed by atoms with Gasteiger partial charge in [0.2, 0.25) is 5.91 Å². The van der Waals surface area contributed by atoms with Crippen molar-refractivity contribution in [3.8, 4) is 11.3 Å². The first-order valence-electron chi connectivity index (χ1n) is 8.38. The van der Waals surface area contributed by atoms with E-state index in [2.05, 4.69) is 41.6 Å². The molecule has 6 nitrogen and oxygen atoms in total. The van der Waals surface area contributed by atoms with Crippen molar-refractivity contribution < 1.29 is 14.3 Å². The third-order valence-corrected chi connectivity index (χ3v) is 4.42. The Morgan fingerprint density at radius 1 is 1.19 bits per heavy atom. The molecule has 1 atom stereocenters. The molecule has 0 saturated heterocycles. The number of ether oxygens (including phenoxy) is 1. The summed E-state index contributed by atoms with van der Waals surface area (Å²) >= 11 is 1.34. The van der Waals surface area contributed by atoms with Crippen LogP contribution in [0.15, 0.2) is 23.6 Å². The maximum Gasteiger partial charge on any atom is 0.408 e. The van der Waals surface area contributed by atoms with Crippen LogP contribution in [0.4, 0.5) is 9.93 Å². The van der Waals surface area contributed by atoms with Crippen LogP contribution in [0.1, 0.15) is 38.8 Å². The molecule has 7 heteroatoms. The van der Waals surface area contributed by atoms with Gasteiger partial charge in [0.05, 0.1) is 5.69 Å². The number of benzene rings is 1. The first-order valence-corrected chi connectivity index (χ1v) is 9.26. The molecule has 0 fully saturated rings. The molecule has 26 heavy (non-hydrogen) atoms. The standard InChI is InChI=1S/C19H25N3O3S/c1-11-7-8-14(9-12(11)2)15-10-26-17(21-15)22-16(23)13(3)20-18(24)25-19(4,5)6/h7-10,13H,1-6H3,(H,20,24)(H,21,22,23)/t13-/m1/s1. The van der Waals surface area contributed by atoms with Crippen molar-refractivity contribution in [1.82, 2.24) is 10.3 Å². The van der Waals surface area contributed by atoms with Crippen LogP contribution < -0.4 is 10.6 Å². The van der Waals surface area contributed by atoms with Crippen LogP contribution in [-0.2, 0) is 9.53 Å². The zero-order valence-corrected chi connectivity index (χ0v) is 16.8. The van der Waals surface area contributed by atoms with E-state index in [0.717, 1.165) is 11.3 Å². The number of carbonyl (C=O) groups excluding carboxylic acids is 2. The van der Waals surface area contributed by atoms with Crippen LogP contribution in [-0.4, -0.2) is 28.6 Å². The fourth-order valence-corrected chi connectivity index (χ4v) is 2.85. The average Bonchev–Trinajstić information content (AvgIpc) is 2.96. The van der Waals surface area contributed by atoms with E-state index in [1.165, 1.54) is 22.5 Å². The number of anilines is 1. The lowest BCUT2D eigenvalue weighted by molar-refractivity contribution is -0.117. The number of aryl methyl sites for hydroxylation is 2. The summed E-state index contributed by atoms with van der Waals surface area (Å²) in [6.07, 6.45) is -0.630. The quantitative estimate of drug-likeness (QED) is 0.836. The smallest absolute Gasteiger partial charge is 0.408 e. The largest absolute Gasteiger partial charge is 0.444 e. The molecule has 1 aromatic heterocycles. The molecule has 0 aliphatic heterocycles. The normalized spacial score (nSPS) is 12.4. The van der Waals surface area contributed by atoms with Gasteiger partial charge in [0, 0.05) is 10.9 Å². The summed E-state index contributed by atoms with van der Waals surface area (Å²) in [4.78, 5) is 28.4. The molecular weight excluding hydrogens is 350 g/mol. The van der Waals surface area contributed by atoms with E-state index in [9.17, 15) is 9.59 Å². The Labute approximate surface area is 158 Å². The molecule has 140 valence electrons. The highest BCUT2D eigenvalue weighted by atomic mass is 32.1. The molecule has 0 saturated carbocycles. The molecule has 2 rings (SSSR count). The number of thiazole rings is 1. The number of aromatic nitrogens is 1. The first kappa shape index (κ1) is 19.9. The number of rotatable bonds is 4. The molecule has 2 N–H and O–H groups in total. The average molecular weight is 375 g/mol. The number of carbonyl (C=O) groups is 2. The van der Waals surface area contributed by atoms with E-state index in [1.807, 2.05) is 11.4 Å². The van der Waals surface area contributed by atoms with Crippen molar-refractivity contribution in [1.29, 1.82) is 0 Å².